The van der Waals surface area contributed by atoms with Gasteiger partial charge in [-0.2, -0.15) is 0 Å². The van der Waals surface area contributed by atoms with E-state index < -0.39 is 6.10 Å². The molecule has 0 saturated heterocycles. The van der Waals surface area contributed by atoms with Crippen molar-refractivity contribution in [1.82, 2.24) is 4.98 Å². The first kappa shape index (κ1) is 14.2. The quantitative estimate of drug-likeness (QED) is 0.773. The van der Waals surface area contributed by atoms with E-state index in [0.717, 1.165) is 26.6 Å². The molecule has 1 heterocycles. The molecule has 1 N–H and O–H groups in total. The minimum atomic E-state index is -0.433. The lowest BCUT2D eigenvalue weighted by atomic mass is 10.0. The molecule has 0 spiro atoms. The fourth-order valence-electron chi connectivity index (χ4n) is 2.45. The summed E-state index contributed by atoms with van der Waals surface area (Å²) >= 11 is 3.52. The Morgan fingerprint density at radius 3 is 2.52 bits per heavy atom. The van der Waals surface area contributed by atoms with Crippen LogP contribution >= 0.6 is 15.9 Å². The number of benzene rings is 2. The van der Waals surface area contributed by atoms with Crippen molar-refractivity contribution in [3.8, 4) is 0 Å². The van der Waals surface area contributed by atoms with E-state index in [1.165, 1.54) is 0 Å². The minimum absolute atomic E-state index is 0.433. The molecule has 1 atom stereocenters. The molecule has 106 valence electrons. The number of hydrogen-bond acceptors (Lipinski definition) is 2. The van der Waals surface area contributed by atoms with Gasteiger partial charge in [0.05, 0.1) is 11.6 Å². The van der Waals surface area contributed by atoms with Crippen molar-refractivity contribution in [2.45, 2.75) is 18.9 Å². The van der Waals surface area contributed by atoms with Gasteiger partial charge in [0.15, 0.2) is 0 Å². The highest BCUT2D eigenvalue weighted by atomic mass is 79.9. The normalized spacial score (nSPS) is 12.5. The first-order valence-electron chi connectivity index (χ1n) is 6.98. The molecule has 0 saturated carbocycles. The molecule has 3 aromatic rings. The van der Waals surface area contributed by atoms with Crippen molar-refractivity contribution in [3.05, 3.63) is 76.4 Å². The highest BCUT2D eigenvalue weighted by Gasteiger charge is 2.10. The van der Waals surface area contributed by atoms with Crippen molar-refractivity contribution in [2.24, 2.45) is 0 Å². The van der Waals surface area contributed by atoms with Gasteiger partial charge in [0.1, 0.15) is 0 Å². The highest BCUT2D eigenvalue weighted by Crippen LogP contribution is 2.19. The third-order valence-electron chi connectivity index (χ3n) is 3.51. The highest BCUT2D eigenvalue weighted by molar-refractivity contribution is 9.10. The molecule has 1 unspecified atom stereocenters. The van der Waals surface area contributed by atoms with Crippen molar-refractivity contribution in [1.29, 1.82) is 0 Å². The Labute approximate surface area is 132 Å². The summed E-state index contributed by atoms with van der Waals surface area (Å²) in [7, 11) is 0. The van der Waals surface area contributed by atoms with E-state index in [-0.39, 0.29) is 0 Å². The van der Waals surface area contributed by atoms with E-state index in [0.29, 0.717) is 12.8 Å². The third-order valence-corrected chi connectivity index (χ3v) is 4.29. The van der Waals surface area contributed by atoms with E-state index in [1.54, 1.807) is 0 Å². The summed E-state index contributed by atoms with van der Waals surface area (Å²) in [6, 6.07) is 20.1. The topological polar surface area (TPSA) is 33.1 Å². The van der Waals surface area contributed by atoms with Gasteiger partial charge >= 0.3 is 0 Å². The van der Waals surface area contributed by atoms with Crippen molar-refractivity contribution >= 4 is 26.8 Å². The van der Waals surface area contributed by atoms with Crippen LogP contribution in [0.15, 0.2) is 65.1 Å². The first-order valence-corrected chi connectivity index (χ1v) is 7.78. The standard InChI is InChI=1S/C18H16BrNO/c19-17-7-3-1-6-14(17)11-16(21)12-15-10-9-13-5-2-4-8-18(13)20-15/h1-10,16,21H,11-12H2. The molecule has 0 amide bonds. The van der Waals surface area contributed by atoms with Crippen LogP contribution in [0, 0.1) is 0 Å². The van der Waals surface area contributed by atoms with E-state index >= 15 is 0 Å². The van der Waals surface area contributed by atoms with Crippen LogP contribution in [-0.2, 0) is 12.8 Å². The van der Waals surface area contributed by atoms with Gasteiger partial charge in [-0.05, 0) is 30.2 Å². The number of rotatable bonds is 4. The molecular formula is C18H16BrNO. The third kappa shape index (κ3) is 3.49. The fraction of sp³-hybridized carbons (Fsp3) is 0.167. The average molecular weight is 342 g/mol. The number of aromatic nitrogens is 1. The molecule has 0 aliphatic rings. The van der Waals surface area contributed by atoms with Crippen LogP contribution in [-0.4, -0.2) is 16.2 Å². The average Bonchev–Trinajstić information content (AvgIpc) is 2.49. The number of nitrogens with zero attached hydrogens (tertiary/aromatic N) is 1. The Balaban J connectivity index is 1.74. The number of aliphatic hydroxyl groups is 1. The Kier molecular flexibility index (Phi) is 4.32. The van der Waals surface area contributed by atoms with Gasteiger partial charge in [0.2, 0.25) is 0 Å². The second-order valence-corrected chi connectivity index (χ2v) is 6.00. The summed E-state index contributed by atoms with van der Waals surface area (Å²) in [5, 5.41) is 11.4. The molecule has 0 fully saturated rings. The number of hydrogen-bond donors (Lipinski definition) is 1. The number of halogens is 1. The van der Waals surface area contributed by atoms with Crippen molar-refractivity contribution in [3.63, 3.8) is 0 Å². The monoisotopic (exact) mass is 341 g/mol. The molecule has 21 heavy (non-hydrogen) atoms. The molecule has 2 nitrogen and oxygen atoms in total. The van der Waals surface area contributed by atoms with E-state index in [1.807, 2.05) is 54.6 Å². The smallest absolute Gasteiger partial charge is 0.0705 e. The summed E-state index contributed by atoms with van der Waals surface area (Å²) in [6.45, 7) is 0. The Morgan fingerprint density at radius 2 is 1.67 bits per heavy atom. The lowest BCUT2D eigenvalue weighted by molar-refractivity contribution is 0.174. The predicted octanol–water partition coefficient (Wildman–Crippen LogP) is 4.14. The second kappa shape index (κ2) is 6.37. The summed E-state index contributed by atoms with van der Waals surface area (Å²) < 4.78 is 1.04. The van der Waals surface area contributed by atoms with Gasteiger partial charge in [0.25, 0.3) is 0 Å². The van der Waals surface area contributed by atoms with Crippen LogP contribution in [0.25, 0.3) is 10.9 Å². The maximum absolute atomic E-state index is 10.3. The zero-order valence-corrected chi connectivity index (χ0v) is 13.1. The molecule has 0 aliphatic heterocycles. The van der Waals surface area contributed by atoms with Gasteiger partial charge in [-0.3, -0.25) is 4.98 Å². The largest absolute Gasteiger partial charge is 0.392 e. The van der Waals surface area contributed by atoms with Gasteiger partial charge in [0, 0.05) is 22.0 Å². The Bertz CT molecular complexity index is 757. The van der Waals surface area contributed by atoms with Crippen molar-refractivity contribution in [2.75, 3.05) is 0 Å². The van der Waals surface area contributed by atoms with Crippen LogP contribution in [0.5, 0.6) is 0 Å². The summed E-state index contributed by atoms with van der Waals surface area (Å²) in [5.74, 6) is 0. The minimum Gasteiger partial charge on any atom is -0.392 e. The number of fused-ring (bicyclic) bond motifs is 1. The van der Waals surface area contributed by atoms with Gasteiger partial charge in [-0.25, -0.2) is 0 Å². The number of pyridine rings is 1. The van der Waals surface area contributed by atoms with Crippen LogP contribution in [0.4, 0.5) is 0 Å². The molecule has 0 bridgehead atoms. The van der Waals surface area contributed by atoms with Crippen LogP contribution in [0.3, 0.4) is 0 Å². The Morgan fingerprint density at radius 1 is 0.905 bits per heavy atom. The summed E-state index contributed by atoms with van der Waals surface area (Å²) in [5.41, 5.74) is 3.02. The number of para-hydroxylation sites is 1. The molecule has 0 aliphatic carbocycles. The second-order valence-electron chi connectivity index (χ2n) is 5.15. The first-order chi connectivity index (χ1) is 10.2. The van der Waals surface area contributed by atoms with Crippen molar-refractivity contribution < 1.29 is 5.11 Å². The van der Waals surface area contributed by atoms with Gasteiger partial charge < -0.3 is 5.11 Å². The molecule has 2 aromatic carbocycles. The number of aliphatic hydroxyl groups excluding tert-OH is 1. The maximum atomic E-state index is 10.3. The SMILES string of the molecule is OC(Cc1ccc2ccccc2n1)Cc1ccccc1Br. The molecule has 3 heteroatoms. The molecule has 1 aromatic heterocycles. The van der Waals surface area contributed by atoms with E-state index in [9.17, 15) is 5.11 Å². The zero-order chi connectivity index (χ0) is 14.7. The fourth-order valence-corrected chi connectivity index (χ4v) is 2.90. The summed E-state index contributed by atoms with van der Waals surface area (Å²) in [4.78, 5) is 4.61. The predicted molar refractivity (Wildman–Crippen MR) is 89.3 cm³/mol. The molecule has 0 radical (unpaired) electrons. The van der Waals surface area contributed by atoms with Crippen LogP contribution < -0.4 is 0 Å². The summed E-state index contributed by atoms with van der Waals surface area (Å²) in [6.07, 6.45) is 0.750. The van der Waals surface area contributed by atoms with E-state index in [4.69, 9.17) is 0 Å². The Hall–Kier alpha value is -1.71. The lowest BCUT2D eigenvalue weighted by Crippen LogP contribution is -2.15. The van der Waals surface area contributed by atoms with Gasteiger partial charge in [-0.15, -0.1) is 0 Å². The zero-order valence-electron chi connectivity index (χ0n) is 11.5. The maximum Gasteiger partial charge on any atom is 0.0705 e. The van der Waals surface area contributed by atoms with Crippen LogP contribution in [0.2, 0.25) is 0 Å². The lowest BCUT2D eigenvalue weighted by Gasteiger charge is -2.12. The van der Waals surface area contributed by atoms with Crippen LogP contribution in [0.1, 0.15) is 11.3 Å². The van der Waals surface area contributed by atoms with Gasteiger partial charge in [-0.1, -0.05) is 58.4 Å². The molecule has 3 rings (SSSR count). The van der Waals surface area contributed by atoms with E-state index in [2.05, 4.69) is 27.0 Å². The molecular weight excluding hydrogens is 326 g/mol.